The van der Waals surface area contributed by atoms with Gasteiger partial charge < -0.3 is 0 Å². The van der Waals surface area contributed by atoms with Crippen LogP contribution in [-0.4, -0.2) is 0.282 Å². The third-order valence-corrected chi connectivity index (χ3v) is 1.01. The van der Waals surface area contributed by atoms with Crippen LogP contribution >= 0.6 is 67.1 Å². The van der Waals surface area contributed by atoms with Gasteiger partial charge in [0.15, 0.2) is 0 Å². The van der Waals surface area contributed by atoms with Crippen LogP contribution in [0.3, 0.4) is 0 Å². The topological polar surface area (TPSA) is 131 Å². The van der Waals surface area contributed by atoms with E-state index in [0.717, 1.165) is 0.282 Å². The third-order valence-electron chi connectivity index (χ3n) is 1.01. The molecule has 6 nitrogen and oxygen atoms in total. The molecule has 0 bridgehead atoms. The Kier molecular flexibility index (Phi) is 78.3. The van der Waals surface area contributed by atoms with Gasteiger partial charge in [-0.1, -0.05) is 0 Å². The molecule has 0 amide bonds. The Morgan fingerprint density at radius 3 is 0.567 bits per heavy atom. The van der Waals surface area contributed by atoms with E-state index in [0.29, 0.717) is 0 Å². The molecule has 0 aromatic heterocycles. The first-order valence-electron chi connectivity index (χ1n) is 7.19. The van der Waals surface area contributed by atoms with Crippen molar-refractivity contribution in [2.75, 3.05) is 0 Å². The molecule has 12 heteroatoms. The summed E-state index contributed by atoms with van der Waals surface area (Å²) < 4.78 is 23.2. The maximum Gasteiger partial charge on any atom is 0 e. The Hall–Kier alpha value is 1.32. The van der Waals surface area contributed by atoms with Crippen molar-refractivity contribution < 1.29 is 56.1 Å². The Morgan fingerprint density at radius 1 is 0.533 bits per heavy atom. The van der Waals surface area contributed by atoms with Crippen LogP contribution in [0.1, 0.15) is 62.3 Å². The molecule has 0 aromatic carbocycles. The van der Waals surface area contributed by atoms with E-state index in [9.17, 15) is 0 Å². The van der Waals surface area contributed by atoms with Gasteiger partial charge in [-0.05, 0) is 62.3 Å². The van der Waals surface area contributed by atoms with Crippen LogP contribution in [0.15, 0.2) is 0 Å². The Labute approximate surface area is 252 Å². The second kappa shape index (κ2) is 40.7. The van der Waals surface area contributed by atoms with Crippen LogP contribution in [0.25, 0.3) is 0 Å². The number of hydrogen-bond acceptors (Lipinski definition) is 3. The predicted octanol–water partition coefficient (Wildman–Crippen LogP) is 6.83. The van der Waals surface area contributed by atoms with Crippen LogP contribution in [-0.2, 0) is 56.1 Å². The molecule has 0 saturated heterocycles. The average Bonchev–Trinajstić information content (AvgIpc) is 2.59. The molecular weight excluding hydrogens is 890 g/mol. The summed E-state index contributed by atoms with van der Waals surface area (Å²) in [5, 5.41) is 24.5. The predicted molar refractivity (Wildman–Crippen MR) is 135 cm³/mol. The van der Waals surface area contributed by atoms with E-state index in [1.54, 1.807) is 0 Å². The fourth-order valence-electron chi connectivity index (χ4n) is 0. The number of halogens is 3. The van der Waals surface area contributed by atoms with Crippen molar-refractivity contribution >= 4 is 67.4 Å². The van der Waals surface area contributed by atoms with Crippen LogP contribution in [0.5, 0.6) is 0 Å². The molecule has 168 valence electrons. The Morgan fingerprint density at radius 2 is 0.567 bits per heavy atom. The van der Waals surface area contributed by atoms with Gasteiger partial charge in [0.2, 0.25) is 0 Å². The number of hydrogen-bond donors (Lipinski definition) is 0. The van der Waals surface area contributed by atoms with Gasteiger partial charge in [-0.2, -0.15) is 15.8 Å². The molecule has 0 radical (unpaired) electrons. The maximum absolute atomic E-state index is 8.15. The van der Waals surface area contributed by atoms with E-state index >= 15 is 0 Å². The summed E-state index contributed by atoms with van der Waals surface area (Å²) in [5.41, 5.74) is -0.458. The molecule has 0 N–H and O–H groups in total. The average molecular weight is 917 g/mol. The van der Waals surface area contributed by atoms with Gasteiger partial charge in [0, 0.05) is 58.4 Å². The molecule has 0 saturated carbocycles. The minimum absolute atomic E-state index is 0. The van der Waals surface area contributed by atoms with Gasteiger partial charge in [0.05, 0.1) is 18.2 Å². The molecule has 0 fully saturated rings. The van der Waals surface area contributed by atoms with E-state index in [1.165, 1.54) is 0 Å². The molecule has 0 aromatic rings. The molecule has 0 aliphatic carbocycles. The maximum atomic E-state index is 8.15. The molecule has 0 aliphatic rings. The third kappa shape index (κ3) is 221. The van der Waals surface area contributed by atoms with Crippen molar-refractivity contribution in [2.45, 2.75) is 62.3 Å². The quantitative estimate of drug-likeness (QED) is 0.114. The normalized spacial score (nSPS) is 7.30. The number of nitrogens with zero attached hydrogens (tertiary/aromatic N) is 3. The van der Waals surface area contributed by atoms with E-state index < -0.39 is 0 Å². The molecule has 0 heterocycles. The first-order chi connectivity index (χ1) is 12.4. The van der Waals surface area contributed by atoms with Crippen molar-refractivity contribution in [2.24, 2.45) is 16.2 Å². The summed E-state index contributed by atoms with van der Waals surface area (Å²) in [7, 11) is 0. The first-order valence-corrected chi connectivity index (χ1v) is 10.9. The summed E-state index contributed by atoms with van der Waals surface area (Å²) in [6.07, 6.45) is 0. The van der Waals surface area contributed by atoms with Crippen LogP contribution in [0.2, 0.25) is 0 Å². The summed E-state index contributed by atoms with van der Waals surface area (Å²) >= 11 is 6.95. The van der Waals surface area contributed by atoms with Gasteiger partial charge in [0.1, 0.15) is 0 Å². The standard InChI is InChI=1S/3C5H9N.3CO.BI3.2Mo/c3*1-5(2,3)4-6;3*1-2;2-1(3)4;;/h3*1-3H3;;;;;;. The summed E-state index contributed by atoms with van der Waals surface area (Å²) in [5.74, 6) is 0. The van der Waals surface area contributed by atoms with Crippen molar-refractivity contribution in [3.63, 3.8) is 0 Å². The largest absolute Gasteiger partial charge is 0 e. The minimum Gasteiger partial charge on any atom is 0 e. The van der Waals surface area contributed by atoms with Crippen molar-refractivity contribution in [1.82, 2.24) is 0 Å². The second-order valence-corrected chi connectivity index (χ2v) is 18.2. The molecule has 0 aliphatic heterocycles. The minimum atomic E-state index is -0.153. The van der Waals surface area contributed by atoms with Gasteiger partial charge in [0.25, 0.3) is 0 Å². The van der Waals surface area contributed by atoms with Crippen molar-refractivity contribution in [3.05, 3.63) is 20.0 Å². The molecule has 0 atom stereocenters. The second-order valence-electron chi connectivity index (χ2n) is 7.33. The van der Waals surface area contributed by atoms with Gasteiger partial charge >= 0.3 is 34.2 Å². The van der Waals surface area contributed by atoms with Crippen LogP contribution in [0, 0.1) is 70.2 Å². The summed E-state index contributed by atoms with van der Waals surface area (Å²) in [6.45, 7) is 30.4. The monoisotopic (exact) mass is 921 g/mol. The Balaban J connectivity index is -0.0000000254. The summed E-state index contributed by atoms with van der Waals surface area (Å²) in [6, 6.07) is 6.31. The van der Waals surface area contributed by atoms with Crippen molar-refractivity contribution in [1.29, 1.82) is 15.8 Å². The molecule has 0 rings (SSSR count). The fourth-order valence-corrected chi connectivity index (χ4v) is 0. The molecular formula is C18H27BI3Mo2N3O3. The van der Waals surface area contributed by atoms with E-state index in [4.69, 9.17) is 29.7 Å². The van der Waals surface area contributed by atoms with Gasteiger partial charge in [-0.25, -0.2) is 0 Å². The first kappa shape index (κ1) is 57.8. The Bertz CT molecular complexity index is 445. The van der Waals surface area contributed by atoms with Gasteiger partial charge in [-0.15, -0.1) is 67.1 Å². The smallest absolute Gasteiger partial charge is 0 e. The van der Waals surface area contributed by atoms with E-state index in [-0.39, 0.29) is 58.4 Å². The fraction of sp³-hybridized carbons (Fsp3) is 0.667. The van der Waals surface area contributed by atoms with Crippen LogP contribution in [0.4, 0.5) is 0 Å². The van der Waals surface area contributed by atoms with Crippen molar-refractivity contribution in [3.8, 4) is 18.2 Å². The molecule has 30 heavy (non-hydrogen) atoms. The van der Waals surface area contributed by atoms with Crippen LogP contribution < -0.4 is 0 Å². The molecule has 0 unspecified atom stereocenters. The van der Waals surface area contributed by atoms with E-state index in [1.807, 2.05) is 62.3 Å². The zero-order valence-electron chi connectivity index (χ0n) is 18.6. The number of nitriles is 3. The zero-order valence-corrected chi connectivity index (χ0v) is 29.1. The zero-order chi connectivity index (χ0) is 25.2. The SMILES string of the molecule is CC(C)(C)C#N.CC(C)(C)C#N.CC(C)(C)C#N.IB(I)I.[C-]#[O+].[C-]#[O+].[C-]#[O+].[Mo].[Mo]. The van der Waals surface area contributed by atoms with E-state index in [2.05, 4.69) is 105 Å². The summed E-state index contributed by atoms with van der Waals surface area (Å²) in [4.78, 5) is 0. The van der Waals surface area contributed by atoms with Gasteiger partial charge in [-0.3, -0.25) is 0 Å². The molecule has 0 spiro atoms. The number of rotatable bonds is 0.